The van der Waals surface area contributed by atoms with E-state index in [0.717, 1.165) is 5.69 Å². The third-order valence-corrected chi connectivity index (χ3v) is 1.40. The number of anilines is 1. The minimum atomic E-state index is 0.160. The molecule has 2 aromatic rings. The fourth-order valence-corrected chi connectivity index (χ4v) is 0.836. The van der Waals surface area contributed by atoms with Crippen LogP contribution in [-0.2, 0) is 0 Å². The molecule has 0 amide bonds. The smallest absolute Gasteiger partial charge is 0.208 e. The lowest BCUT2D eigenvalue weighted by Crippen LogP contribution is -1.97. The molecule has 0 atom stereocenters. The maximum absolute atomic E-state index is 5.45. The van der Waals surface area contributed by atoms with Gasteiger partial charge in [-0.3, -0.25) is 0 Å². The Hall–Kier alpha value is -2.05. The summed E-state index contributed by atoms with van der Waals surface area (Å²) >= 11 is 0. The van der Waals surface area contributed by atoms with Crippen LogP contribution >= 0.6 is 0 Å². The molecule has 0 aliphatic heterocycles. The van der Waals surface area contributed by atoms with Gasteiger partial charge in [-0.25, -0.2) is 9.61 Å². The first-order valence-corrected chi connectivity index (χ1v) is 3.52. The van der Waals surface area contributed by atoms with Crippen molar-refractivity contribution in [3.05, 3.63) is 11.9 Å². The number of aryl methyl sites for hydroxylation is 1. The van der Waals surface area contributed by atoms with Crippen molar-refractivity contribution in [1.82, 2.24) is 25.5 Å². The summed E-state index contributed by atoms with van der Waals surface area (Å²) in [6.07, 6.45) is 1.53. The van der Waals surface area contributed by atoms with Crippen LogP contribution in [0.3, 0.4) is 0 Å². The Balaban J connectivity index is 2.53. The van der Waals surface area contributed by atoms with Crippen LogP contribution in [0.1, 0.15) is 5.69 Å². The first-order chi connectivity index (χ1) is 6.27. The van der Waals surface area contributed by atoms with E-state index in [9.17, 15) is 0 Å². The van der Waals surface area contributed by atoms with Crippen molar-refractivity contribution >= 4 is 5.82 Å². The standard InChI is InChI=1S/C6H6N6O/c1-3-2-8-10-6(9-3)4-5(7)12-13-11-4/h2H,1H3,(H2,7,12). The lowest BCUT2D eigenvalue weighted by atomic mass is 10.4. The average Bonchev–Trinajstić information content (AvgIpc) is 2.51. The highest BCUT2D eigenvalue weighted by atomic mass is 16.6. The van der Waals surface area contributed by atoms with Gasteiger partial charge < -0.3 is 5.73 Å². The van der Waals surface area contributed by atoms with Crippen molar-refractivity contribution in [1.29, 1.82) is 0 Å². The average molecular weight is 178 g/mol. The maximum atomic E-state index is 5.45. The molecular weight excluding hydrogens is 172 g/mol. The number of aromatic nitrogens is 5. The van der Waals surface area contributed by atoms with Gasteiger partial charge >= 0.3 is 0 Å². The second kappa shape index (κ2) is 2.77. The summed E-state index contributed by atoms with van der Waals surface area (Å²) in [5.74, 6) is 0.478. The third kappa shape index (κ3) is 1.31. The normalized spacial score (nSPS) is 10.2. The van der Waals surface area contributed by atoms with Gasteiger partial charge in [0.25, 0.3) is 0 Å². The summed E-state index contributed by atoms with van der Waals surface area (Å²) in [5, 5.41) is 14.4. The van der Waals surface area contributed by atoms with Gasteiger partial charge in [0.2, 0.25) is 5.82 Å². The molecule has 7 heteroatoms. The van der Waals surface area contributed by atoms with E-state index in [1.165, 1.54) is 6.20 Å². The summed E-state index contributed by atoms with van der Waals surface area (Å²) in [7, 11) is 0. The second-order valence-corrected chi connectivity index (χ2v) is 2.42. The van der Waals surface area contributed by atoms with E-state index < -0.39 is 0 Å². The van der Waals surface area contributed by atoms with E-state index in [4.69, 9.17) is 5.73 Å². The largest absolute Gasteiger partial charge is 0.379 e. The molecule has 7 nitrogen and oxygen atoms in total. The van der Waals surface area contributed by atoms with Gasteiger partial charge in [0.05, 0.1) is 11.9 Å². The third-order valence-electron chi connectivity index (χ3n) is 1.40. The van der Waals surface area contributed by atoms with Gasteiger partial charge in [-0.2, -0.15) is 5.10 Å². The Morgan fingerprint density at radius 3 is 2.85 bits per heavy atom. The lowest BCUT2D eigenvalue weighted by Gasteiger charge is -1.93. The van der Waals surface area contributed by atoms with Crippen LogP contribution in [0, 0.1) is 6.92 Å². The summed E-state index contributed by atoms with van der Waals surface area (Å²) in [4.78, 5) is 4.06. The van der Waals surface area contributed by atoms with Gasteiger partial charge in [-0.1, -0.05) is 0 Å². The molecule has 2 rings (SSSR count). The van der Waals surface area contributed by atoms with Gasteiger partial charge in [0.15, 0.2) is 11.5 Å². The van der Waals surface area contributed by atoms with Gasteiger partial charge in [0, 0.05) is 0 Å². The number of hydrogen-bond donors (Lipinski definition) is 1. The molecule has 66 valence electrons. The van der Waals surface area contributed by atoms with Crippen LogP contribution in [-0.4, -0.2) is 25.5 Å². The van der Waals surface area contributed by atoms with Crippen LogP contribution < -0.4 is 5.73 Å². The van der Waals surface area contributed by atoms with Crippen LogP contribution in [0.15, 0.2) is 10.8 Å². The first-order valence-electron chi connectivity index (χ1n) is 3.52. The minimum absolute atomic E-state index is 0.160. The number of hydrogen-bond acceptors (Lipinski definition) is 7. The molecule has 13 heavy (non-hydrogen) atoms. The van der Waals surface area contributed by atoms with E-state index in [-0.39, 0.29) is 5.82 Å². The van der Waals surface area contributed by atoms with Crippen molar-refractivity contribution < 1.29 is 4.63 Å². The zero-order valence-corrected chi connectivity index (χ0v) is 6.80. The highest BCUT2D eigenvalue weighted by Crippen LogP contribution is 2.16. The number of nitrogen functional groups attached to an aromatic ring is 1. The van der Waals surface area contributed by atoms with Crippen LogP contribution in [0.4, 0.5) is 5.82 Å². The molecular formula is C6H6N6O. The van der Waals surface area contributed by atoms with Gasteiger partial charge in [0.1, 0.15) is 0 Å². The van der Waals surface area contributed by atoms with Crippen LogP contribution in [0.2, 0.25) is 0 Å². The molecule has 0 aromatic carbocycles. The van der Waals surface area contributed by atoms with E-state index in [2.05, 4.69) is 30.1 Å². The Bertz CT molecular complexity index is 425. The zero-order chi connectivity index (χ0) is 9.26. The Morgan fingerprint density at radius 1 is 1.38 bits per heavy atom. The van der Waals surface area contributed by atoms with E-state index in [1.807, 2.05) is 0 Å². The lowest BCUT2D eigenvalue weighted by molar-refractivity contribution is 0.310. The molecule has 0 radical (unpaired) electrons. The van der Waals surface area contributed by atoms with E-state index in [1.54, 1.807) is 6.92 Å². The highest BCUT2D eigenvalue weighted by Gasteiger charge is 2.12. The van der Waals surface area contributed by atoms with Crippen molar-refractivity contribution in [3.63, 3.8) is 0 Å². The molecule has 2 aromatic heterocycles. The fourth-order valence-electron chi connectivity index (χ4n) is 0.836. The van der Waals surface area contributed by atoms with Crippen molar-refractivity contribution in [3.8, 4) is 11.5 Å². The topological polar surface area (TPSA) is 104 Å². The van der Waals surface area contributed by atoms with Crippen LogP contribution in [0.25, 0.3) is 11.5 Å². The quantitative estimate of drug-likeness (QED) is 0.645. The van der Waals surface area contributed by atoms with Crippen molar-refractivity contribution in [2.45, 2.75) is 6.92 Å². The molecule has 0 unspecified atom stereocenters. The zero-order valence-electron chi connectivity index (χ0n) is 6.80. The van der Waals surface area contributed by atoms with Crippen molar-refractivity contribution in [2.24, 2.45) is 0 Å². The monoisotopic (exact) mass is 178 g/mol. The summed E-state index contributed by atoms with van der Waals surface area (Å²) in [6.45, 7) is 1.79. The van der Waals surface area contributed by atoms with Crippen molar-refractivity contribution in [2.75, 3.05) is 5.73 Å². The fraction of sp³-hybridized carbons (Fsp3) is 0.167. The number of nitrogens with two attached hydrogens (primary N) is 1. The highest BCUT2D eigenvalue weighted by molar-refractivity contribution is 5.61. The number of nitrogens with zero attached hydrogens (tertiary/aromatic N) is 5. The van der Waals surface area contributed by atoms with E-state index in [0.29, 0.717) is 11.5 Å². The number of rotatable bonds is 1. The summed E-state index contributed by atoms with van der Waals surface area (Å²) < 4.78 is 4.41. The molecule has 0 spiro atoms. The second-order valence-electron chi connectivity index (χ2n) is 2.42. The molecule has 0 aliphatic carbocycles. The predicted octanol–water partition coefficient (Wildman–Crippen LogP) is -0.188. The Morgan fingerprint density at radius 2 is 2.23 bits per heavy atom. The van der Waals surface area contributed by atoms with Gasteiger partial charge in [-0.15, -0.1) is 5.10 Å². The molecule has 2 heterocycles. The molecule has 0 saturated heterocycles. The first kappa shape index (κ1) is 7.59. The SMILES string of the molecule is Cc1cnnc(-c2nonc2N)n1. The maximum Gasteiger partial charge on any atom is 0.208 e. The predicted molar refractivity (Wildman–Crippen MR) is 42.3 cm³/mol. The molecule has 2 N–H and O–H groups in total. The molecule has 0 fully saturated rings. The summed E-state index contributed by atoms with van der Waals surface area (Å²) in [5.41, 5.74) is 6.49. The summed E-state index contributed by atoms with van der Waals surface area (Å²) in [6, 6.07) is 0. The Labute approximate surface area is 73.0 Å². The minimum Gasteiger partial charge on any atom is -0.379 e. The van der Waals surface area contributed by atoms with Gasteiger partial charge in [-0.05, 0) is 17.2 Å². The molecule has 0 bridgehead atoms. The van der Waals surface area contributed by atoms with Crippen LogP contribution in [0.5, 0.6) is 0 Å². The molecule has 0 saturated carbocycles. The van der Waals surface area contributed by atoms with E-state index >= 15 is 0 Å². The Kier molecular flexibility index (Phi) is 1.62. The molecule has 0 aliphatic rings.